The monoisotopic (exact) mass is 472 g/mol. The van der Waals surface area contributed by atoms with Crippen molar-refractivity contribution in [1.82, 2.24) is 19.9 Å². The first-order chi connectivity index (χ1) is 15.9. The van der Waals surface area contributed by atoms with Crippen molar-refractivity contribution in [3.63, 3.8) is 0 Å². The van der Waals surface area contributed by atoms with E-state index in [0.717, 1.165) is 37.1 Å². The summed E-state index contributed by atoms with van der Waals surface area (Å²) in [6.45, 7) is 3.05. The Morgan fingerprint density at radius 2 is 1.91 bits per heavy atom. The number of nitrogens with two attached hydrogens (primary N) is 1. The Bertz CT molecular complexity index is 1140. The maximum atomic E-state index is 14.5. The molecule has 1 fully saturated rings. The minimum absolute atomic E-state index is 0.0448. The Hall–Kier alpha value is -3.31. The molecule has 2 aromatic heterocycles. The number of likely N-dealkylation sites (N-methyl/N-ethyl adjacent to an activating group) is 1. The molecule has 1 aliphatic rings. The molecule has 0 saturated carbocycles. The number of benzene rings is 1. The first-order valence-electron chi connectivity index (χ1n) is 10.2. The third kappa shape index (κ3) is 5.37. The second kappa shape index (κ2) is 10.1. The molecule has 172 valence electrons. The number of aldehydes is 1. The molecule has 33 heavy (non-hydrogen) atoms. The lowest BCUT2D eigenvalue weighted by atomic mass is 10.1. The molecule has 0 bridgehead atoms. The van der Waals surface area contributed by atoms with Crippen molar-refractivity contribution in [2.45, 2.75) is 16.4 Å². The van der Waals surface area contributed by atoms with E-state index in [2.05, 4.69) is 31.8 Å². The van der Waals surface area contributed by atoms with Crippen molar-refractivity contribution in [3.8, 4) is 5.88 Å². The Balaban J connectivity index is 1.61. The van der Waals surface area contributed by atoms with E-state index >= 15 is 0 Å². The molecule has 4 rings (SSSR count). The predicted molar refractivity (Wildman–Crippen MR) is 121 cm³/mol. The van der Waals surface area contributed by atoms with Crippen molar-refractivity contribution >= 4 is 29.8 Å². The molecule has 0 amide bonds. The van der Waals surface area contributed by atoms with Crippen LogP contribution in [-0.4, -0.2) is 59.4 Å². The van der Waals surface area contributed by atoms with Crippen LogP contribution in [0.5, 0.6) is 5.88 Å². The Morgan fingerprint density at radius 3 is 2.61 bits per heavy atom. The van der Waals surface area contributed by atoms with E-state index in [1.807, 2.05) is 0 Å². The highest BCUT2D eigenvalue weighted by Crippen LogP contribution is 2.35. The summed E-state index contributed by atoms with van der Waals surface area (Å²) in [6.07, 6.45) is 3.42. The van der Waals surface area contributed by atoms with E-state index in [4.69, 9.17) is 10.5 Å². The van der Waals surface area contributed by atoms with Gasteiger partial charge in [-0.3, -0.25) is 4.79 Å². The minimum Gasteiger partial charge on any atom is -0.472 e. The van der Waals surface area contributed by atoms with Crippen LogP contribution in [-0.2, 0) is 6.61 Å². The summed E-state index contributed by atoms with van der Waals surface area (Å²) in [7, 11) is 2.05. The molecule has 2 N–H and O–H groups in total. The van der Waals surface area contributed by atoms with Crippen molar-refractivity contribution in [2.24, 2.45) is 0 Å². The zero-order valence-corrected chi connectivity index (χ0v) is 18.7. The van der Waals surface area contributed by atoms with Crippen molar-refractivity contribution in [3.05, 3.63) is 59.4 Å². The molecule has 1 saturated heterocycles. The largest absolute Gasteiger partial charge is 0.472 e. The van der Waals surface area contributed by atoms with Crippen molar-refractivity contribution in [1.29, 1.82) is 0 Å². The van der Waals surface area contributed by atoms with Crippen LogP contribution in [0.3, 0.4) is 0 Å². The standard InChI is InChI=1S/C22H22F2N6O2S/c1-29-6-8-30(9-7-29)22-27-11-18(33-15-3-5-19(25)26-10-15)21(28-22)32-13-14-2-4-17(23)16(12-31)20(14)24/h2-5,10-12H,6-9,13H2,1H3,(H2,25,26). The fourth-order valence-electron chi connectivity index (χ4n) is 3.24. The van der Waals surface area contributed by atoms with Crippen LogP contribution in [0.15, 0.2) is 46.5 Å². The lowest BCUT2D eigenvalue weighted by molar-refractivity contribution is 0.111. The maximum absolute atomic E-state index is 14.5. The number of hydrogen-bond donors (Lipinski definition) is 1. The number of aromatic nitrogens is 3. The molecule has 1 aromatic carbocycles. The quantitative estimate of drug-likeness (QED) is 0.521. The molecule has 0 spiro atoms. The number of nitrogen functional groups attached to an aromatic ring is 1. The smallest absolute Gasteiger partial charge is 0.232 e. The van der Waals surface area contributed by atoms with Gasteiger partial charge in [-0.25, -0.2) is 18.7 Å². The van der Waals surface area contributed by atoms with Gasteiger partial charge < -0.3 is 20.3 Å². The summed E-state index contributed by atoms with van der Waals surface area (Å²) in [5.41, 5.74) is 5.08. The molecular weight excluding hydrogens is 450 g/mol. The number of carbonyl (C=O) groups is 1. The fraction of sp³-hybridized carbons (Fsp3) is 0.273. The average molecular weight is 473 g/mol. The SMILES string of the molecule is CN1CCN(c2ncc(Sc3ccc(N)nc3)c(OCc3ccc(F)c(C=O)c3F)n2)CC1. The zero-order chi connectivity index (χ0) is 23.4. The van der Waals surface area contributed by atoms with Gasteiger partial charge in [-0.2, -0.15) is 4.98 Å². The van der Waals surface area contributed by atoms with Gasteiger partial charge in [-0.05, 0) is 31.3 Å². The van der Waals surface area contributed by atoms with E-state index in [0.29, 0.717) is 16.7 Å². The highest BCUT2D eigenvalue weighted by molar-refractivity contribution is 7.99. The maximum Gasteiger partial charge on any atom is 0.232 e. The highest BCUT2D eigenvalue weighted by Gasteiger charge is 2.20. The Labute approximate surface area is 193 Å². The van der Waals surface area contributed by atoms with Crippen LogP contribution in [0.1, 0.15) is 15.9 Å². The van der Waals surface area contributed by atoms with Crippen LogP contribution in [0.2, 0.25) is 0 Å². The first kappa shape index (κ1) is 22.9. The summed E-state index contributed by atoms with van der Waals surface area (Å²) < 4.78 is 34.0. The number of pyridine rings is 1. The third-order valence-corrected chi connectivity index (χ3v) is 6.15. The number of piperazine rings is 1. The minimum atomic E-state index is -0.949. The van der Waals surface area contributed by atoms with Crippen molar-refractivity contribution in [2.75, 3.05) is 43.9 Å². The van der Waals surface area contributed by atoms with Crippen LogP contribution >= 0.6 is 11.8 Å². The molecule has 3 heterocycles. The molecular formula is C22H22F2N6O2S. The number of carbonyl (C=O) groups excluding carboxylic acids is 1. The van der Waals surface area contributed by atoms with E-state index in [9.17, 15) is 13.6 Å². The van der Waals surface area contributed by atoms with Gasteiger partial charge in [0.1, 0.15) is 24.1 Å². The summed E-state index contributed by atoms with van der Waals surface area (Å²) in [6, 6.07) is 5.77. The van der Waals surface area contributed by atoms with Crippen LogP contribution in [0, 0.1) is 11.6 Å². The highest BCUT2D eigenvalue weighted by atomic mass is 32.2. The van der Waals surface area contributed by atoms with E-state index in [1.54, 1.807) is 24.5 Å². The molecule has 3 aromatic rings. The number of halogens is 2. The average Bonchev–Trinajstić information content (AvgIpc) is 2.82. The number of hydrogen-bond acceptors (Lipinski definition) is 9. The van der Waals surface area contributed by atoms with Gasteiger partial charge >= 0.3 is 0 Å². The fourth-order valence-corrected chi connectivity index (χ4v) is 4.03. The number of rotatable bonds is 7. The van der Waals surface area contributed by atoms with Crippen LogP contribution in [0.25, 0.3) is 0 Å². The predicted octanol–water partition coefficient (Wildman–Crippen LogP) is 3.03. The van der Waals surface area contributed by atoms with Gasteiger partial charge in [0.25, 0.3) is 0 Å². The first-order valence-corrected chi connectivity index (χ1v) is 11.0. The molecule has 1 aliphatic heterocycles. The molecule has 0 atom stereocenters. The van der Waals surface area contributed by atoms with Crippen LogP contribution in [0.4, 0.5) is 20.5 Å². The second-order valence-corrected chi connectivity index (χ2v) is 8.61. The van der Waals surface area contributed by atoms with Gasteiger partial charge in [-0.15, -0.1) is 0 Å². The van der Waals surface area contributed by atoms with E-state index < -0.39 is 17.2 Å². The Morgan fingerprint density at radius 1 is 1.12 bits per heavy atom. The van der Waals surface area contributed by atoms with Gasteiger partial charge in [-0.1, -0.05) is 11.8 Å². The van der Waals surface area contributed by atoms with Gasteiger partial charge in [0.05, 0.1) is 16.7 Å². The normalized spacial score (nSPS) is 14.3. The summed E-state index contributed by atoms with van der Waals surface area (Å²) in [4.78, 5) is 29.8. The summed E-state index contributed by atoms with van der Waals surface area (Å²) in [5, 5.41) is 0. The lowest BCUT2D eigenvalue weighted by Gasteiger charge is -2.32. The van der Waals surface area contributed by atoms with E-state index in [1.165, 1.54) is 17.8 Å². The van der Waals surface area contributed by atoms with Crippen LogP contribution < -0.4 is 15.4 Å². The Kier molecular flexibility index (Phi) is 6.99. The molecule has 11 heteroatoms. The molecule has 0 radical (unpaired) electrons. The molecule has 0 aliphatic carbocycles. The van der Waals surface area contributed by atoms with Gasteiger partial charge in [0.15, 0.2) is 6.29 Å². The summed E-state index contributed by atoms with van der Waals surface area (Å²) >= 11 is 1.32. The number of ether oxygens (including phenoxy) is 1. The topological polar surface area (TPSA) is 97.5 Å². The number of nitrogens with zero attached hydrogens (tertiary/aromatic N) is 5. The number of anilines is 2. The second-order valence-electron chi connectivity index (χ2n) is 7.49. The van der Waals surface area contributed by atoms with E-state index in [-0.39, 0.29) is 24.3 Å². The van der Waals surface area contributed by atoms with Gasteiger partial charge in [0.2, 0.25) is 11.8 Å². The molecule has 8 nitrogen and oxygen atoms in total. The zero-order valence-electron chi connectivity index (χ0n) is 17.9. The third-order valence-electron chi connectivity index (χ3n) is 5.17. The van der Waals surface area contributed by atoms with Crippen molar-refractivity contribution < 1.29 is 18.3 Å². The summed E-state index contributed by atoms with van der Waals surface area (Å²) in [5.74, 6) is -0.716. The lowest BCUT2D eigenvalue weighted by Crippen LogP contribution is -2.45. The van der Waals surface area contributed by atoms with Gasteiger partial charge in [0, 0.05) is 42.8 Å². The molecule has 0 unspecified atom stereocenters.